The molecule has 1 saturated heterocycles. The number of thioether (sulfide) groups is 1. The molecule has 1 aliphatic heterocycles. The molecular formula is C12H14O2S2. The molecule has 0 aliphatic carbocycles. The number of carbonyl (C=O) groups is 1. The fraction of sp³-hybridized carbons (Fsp3) is 0.417. The van der Waals surface area contributed by atoms with Crippen LogP contribution < -0.4 is 0 Å². The molecule has 2 atom stereocenters. The molecule has 0 amide bonds. The Bertz CT molecular complexity index is 389. The largest absolute Gasteiger partial charge is 0.297 e. The summed E-state index contributed by atoms with van der Waals surface area (Å²) in [6, 6.07) is 9.66. The van der Waals surface area contributed by atoms with Gasteiger partial charge in [0.1, 0.15) is 4.58 Å². The summed E-state index contributed by atoms with van der Waals surface area (Å²) >= 11 is 1.55. The predicted octanol–water partition coefficient (Wildman–Crippen LogP) is 2.01. The van der Waals surface area contributed by atoms with Gasteiger partial charge < -0.3 is 0 Å². The number of ketones is 1. The van der Waals surface area contributed by atoms with E-state index in [1.807, 2.05) is 30.3 Å². The van der Waals surface area contributed by atoms with Crippen molar-refractivity contribution in [2.24, 2.45) is 0 Å². The summed E-state index contributed by atoms with van der Waals surface area (Å²) in [5.41, 5.74) is 1.01. The molecule has 86 valence electrons. The SMILES string of the molecule is O=C(Cc1ccccc1)C1SCCCS1=O. The smallest absolute Gasteiger partial charge is 0.162 e. The maximum absolute atomic E-state index is 12.0. The quantitative estimate of drug-likeness (QED) is 0.827. The normalized spacial score (nSPS) is 25.2. The summed E-state index contributed by atoms with van der Waals surface area (Å²) in [6.07, 6.45) is 1.37. The maximum Gasteiger partial charge on any atom is 0.162 e. The highest BCUT2D eigenvalue weighted by Gasteiger charge is 2.28. The molecule has 1 heterocycles. The molecule has 2 nitrogen and oxygen atoms in total. The minimum atomic E-state index is -0.968. The Labute approximate surface area is 102 Å². The average Bonchev–Trinajstić information content (AvgIpc) is 2.31. The maximum atomic E-state index is 12.0. The van der Waals surface area contributed by atoms with Crippen LogP contribution in [0, 0.1) is 0 Å². The second-order valence-corrected chi connectivity index (χ2v) is 6.92. The zero-order valence-corrected chi connectivity index (χ0v) is 10.6. The van der Waals surface area contributed by atoms with E-state index in [0.29, 0.717) is 12.2 Å². The van der Waals surface area contributed by atoms with Crippen LogP contribution in [0.4, 0.5) is 0 Å². The molecule has 4 heteroatoms. The van der Waals surface area contributed by atoms with Gasteiger partial charge in [-0.1, -0.05) is 30.3 Å². The van der Waals surface area contributed by atoms with E-state index in [4.69, 9.17) is 0 Å². The summed E-state index contributed by atoms with van der Waals surface area (Å²) in [5, 5.41) is 0. The Kier molecular flexibility index (Phi) is 4.18. The van der Waals surface area contributed by atoms with Gasteiger partial charge in [-0.3, -0.25) is 9.00 Å². The van der Waals surface area contributed by atoms with Gasteiger partial charge in [-0.15, -0.1) is 11.8 Å². The van der Waals surface area contributed by atoms with E-state index in [1.54, 1.807) is 11.8 Å². The first-order chi connectivity index (χ1) is 7.77. The van der Waals surface area contributed by atoms with Gasteiger partial charge >= 0.3 is 0 Å². The molecule has 2 unspecified atom stereocenters. The summed E-state index contributed by atoms with van der Waals surface area (Å²) in [6.45, 7) is 0. The highest BCUT2D eigenvalue weighted by atomic mass is 32.2. The molecule has 2 rings (SSSR count). The van der Waals surface area contributed by atoms with Crippen molar-refractivity contribution in [2.75, 3.05) is 11.5 Å². The zero-order chi connectivity index (χ0) is 11.4. The predicted molar refractivity (Wildman–Crippen MR) is 69.0 cm³/mol. The van der Waals surface area contributed by atoms with Crippen LogP contribution in [0.5, 0.6) is 0 Å². The first-order valence-corrected chi connectivity index (χ1v) is 7.76. The Balaban J connectivity index is 2.00. The number of Topliss-reactive ketones (excluding diaryl/α,β-unsaturated/α-hetero) is 1. The highest BCUT2D eigenvalue weighted by molar-refractivity contribution is 8.12. The van der Waals surface area contributed by atoms with Crippen molar-refractivity contribution in [3.8, 4) is 0 Å². The Morgan fingerprint density at radius 3 is 2.81 bits per heavy atom. The van der Waals surface area contributed by atoms with Crippen LogP contribution in [0.15, 0.2) is 30.3 Å². The number of hydrogen-bond acceptors (Lipinski definition) is 3. The van der Waals surface area contributed by atoms with Crippen molar-refractivity contribution in [1.29, 1.82) is 0 Å². The fourth-order valence-electron chi connectivity index (χ4n) is 1.69. The third-order valence-electron chi connectivity index (χ3n) is 2.48. The van der Waals surface area contributed by atoms with Gasteiger partial charge in [0, 0.05) is 23.0 Å². The lowest BCUT2D eigenvalue weighted by atomic mass is 10.1. The monoisotopic (exact) mass is 254 g/mol. The molecule has 1 aromatic rings. The van der Waals surface area contributed by atoms with Crippen molar-refractivity contribution in [1.82, 2.24) is 0 Å². The lowest BCUT2D eigenvalue weighted by Crippen LogP contribution is -2.29. The van der Waals surface area contributed by atoms with Gasteiger partial charge in [0.25, 0.3) is 0 Å². The lowest BCUT2D eigenvalue weighted by Gasteiger charge is -2.19. The van der Waals surface area contributed by atoms with Gasteiger partial charge in [-0.25, -0.2) is 0 Å². The Hall–Kier alpha value is -0.610. The van der Waals surface area contributed by atoms with Crippen molar-refractivity contribution in [3.05, 3.63) is 35.9 Å². The molecule has 1 fully saturated rings. The van der Waals surface area contributed by atoms with E-state index >= 15 is 0 Å². The van der Waals surface area contributed by atoms with Gasteiger partial charge in [0.2, 0.25) is 0 Å². The minimum absolute atomic E-state index is 0.106. The van der Waals surface area contributed by atoms with E-state index in [-0.39, 0.29) is 10.4 Å². The third-order valence-corrected chi connectivity index (χ3v) is 6.06. The zero-order valence-electron chi connectivity index (χ0n) is 8.93. The molecule has 0 bridgehead atoms. The molecule has 16 heavy (non-hydrogen) atoms. The summed E-state index contributed by atoms with van der Waals surface area (Å²) in [7, 11) is -0.968. The van der Waals surface area contributed by atoms with E-state index in [0.717, 1.165) is 17.7 Å². The van der Waals surface area contributed by atoms with Gasteiger partial charge in [0.05, 0.1) is 0 Å². The van der Waals surface area contributed by atoms with Gasteiger partial charge in [0.15, 0.2) is 5.78 Å². The molecule has 0 saturated carbocycles. The molecular weight excluding hydrogens is 240 g/mol. The number of carbonyl (C=O) groups excluding carboxylic acids is 1. The van der Waals surface area contributed by atoms with Crippen molar-refractivity contribution >= 4 is 28.3 Å². The summed E-state index contributed by atoms with van der Waals surface area (Å²) in [5.74, 6) is 1.74. The molecule has 0 spiro atoms. The molecule has 1 aromatic carbocycles. The molecule has 1 aliphatic rings. The number of benzene rings is 1. The number of rotatable bonds is 3. The molecule has 0 radical (unpaired) electrons. The Morgan fingerprint density at radius 2 is 2.12 bits per heavy atom. The summed E-state index contributed by atoms with van der Waals surface area (Å²) < 4.78 is 11.4. The molecule has 0 N–H and O–H groups in total. The van der Waals surface area contributed by atoms with Crippen LogP contribution in [0.3, 0.4) is 0 Å². The van der Waals surface area contributed by atoms with Gasteiger partial charge in [-0.05, 0) is 17.7 Å². The van der Waals surface area contributed by atoms with E-state index in [1.165, 1.54) is 0 Å². The van der Waals surface area contributed by atoms with Crippen molar-refractivity contribution in [3.63, 3.8) is 0 Å². The average molecular weight is 254 g/mol. The van der Waals surface area contributed by atoms with Gasteiger partial charge in [-0.2, -0.15) is 0 Å². The van der Waals surface area contributed by atoms with Crippen molar-refractivity contribution < 1.29 is 9.00 Å². The van der Waals surface area contributed by atoms with Crippen LogP contribution in [0.25, 0.3) is 0 Å². The topological polar surface area (TPSA) is 34.1 Å². The third kappa shape index (κ3) is 2.95. The highest BCUT2D eigenvalue weighted by Crippen LogP contribution is 2.24. The Morgan fingerprint density at radius 1 is 1.38 bits per heavy atom. The van der Waals surface area contributed by atoms with Crippen LogP contribution in [-0.2, 0) is 22.0 Å². The fourth-order valence-corrected chi connectivity index (χ4v) is 4.88. The van der Waals surface area contributed by atoms with E-state index in [9.17, 15) is 9.00 Å². The van der Waals surface area contributed by atoms with Crippen LogP contribution in [-0.4, -0.2) is 26.1 Å². The first kappa shape index (κ1) is 11.9. The second-order valence-electron chi connectivity index (χ2n) is 3.77. The first-order valence-electron chi connectivity index (χ1n) is 5.33. The second kappa shape index (κ2) is 5.64. The standard InChI is InChI=1S/C12H14O2S2/c13-11(9-10-5-2-1-3-6-10)12-15-7-4-8-16(12)14/h1-3,5-6,12H,4,7-9H2. The van der Waals surface area contributed by atoms with Crippen LogP contribution >= 0.6 is 11.8 Å². The van der Waals surface area contributed by atoms with Crippen molar-refractivity contribution in [2.45, 2.75) is 17.4 Å². The lowest BCUT2D eigenvalue weighted by molar-refractivity contribution is -0.116. The van der Waals surface area contributed by atoms with E-state index in [2.05, 4.69) is 0 Å². The number of hydrogen-bond donors (Lipinski definition) is 0. The summed E-state index contributed by atoms with van der Waals surface area (Å²) in [4.78, 5) is 12.0. The van der Waals surface area contributed by atoms with Crippen LogP contribution in [0.2, 0.25) is 0 Å². The van der Waals surface area contributed by atoms with E-state index < -0.39 is 10.8 Å². The van der Waals surface area contributed by atoms with Crippen LogP contribution in [0.1, 0.15) is 12.0 Å². The molecule has 0 aromatic heterocycles. The minimum Gasteiger partial charge on any atom is -0.297 e.